The van der Waals surface area contributed by atoms with Gasteiger partial charge in [0.05, 0.1) is 14.2 Å². The lowest BCUT2D eigenvalue weighted by Gasteiger charge is -2.35. The fourth-order valence-corrected chi connectivity index (χ4v) is 3.16. The van der Waals surface area contributed by atoms with E-state index in [1.54, 1.807) is 32.5 Å². The molecule has 1 fully saturated rings. The number of methoxy groups -OCH3 is 2. The summed E-state index contributed by atoms with van der Waals surface area (Å²) in [6.45, 7) is 4.75. The van der Waals surface area contributed by atoms with Gasteiger partial charge in [0, 0.05) is 56.7 Å². The standard InChI is InChI=1S/C18H24N4O3/c1-13-15(24-3)11-14(12-16(13)25-4)17(23)21-7-9-22(10-8-21)18-19-5-6-20(18)2/h5-6,11-12H,7-10H2,1-4H3. The van der Waals surface area contributed by atoms with E-state index in [9.17, 15) is 4.79 Å². The molecule has 2 heterocycles. The van der Waals surface area contributed by atoms with E-state index in [0.29, 0.717) is 30.2 Å². The summed E-state index contributed by atoms with van der Waals surface area (Å²) < 4.78 is 12.7. The number of carbonyl (C=O) groups excluding carboxylic acids is 1. The predicted octanol–water partition coefficient (Wildman–Crippen LogP) is 1.71. The van der Waals surface area contributed by atoms with E-state index < -0.39 is 0 Å². The first-order chi connectivity index (χ1) is 12.0. The summed E-state index contributed by atoms with van der Waals surface area (Å²) >= 11 is 0. The van der Waals surface area contributed by atoms with Crippen molar-refractivity contribution in [2.75, 3.05) is 45.3 Å². The molecule has 0 atom stereocenters. The Kier molecular flexibility index (Phi) is 4.83. The average molecular weight is 344 g/mol. The number of amides is 1. The molecule has 0 radical (unpaired) electrons. The number of hydrogen-bond acceptors (Lipinski definition) is 5. The quantitative estimate of drug-likeness (QED) is 0.845. The summed E-state index contributed by atoms with van der Waals surface area (Å²) in [5, 5.41) is 0. The lowest BCUT2D eigenvalue weighted by Crippen LogP contribution is -2.49. The smallest absolute Gasteiger partial charge is 0.254 e. The van der Waals surface area contributed by atoms with Gasteiger partial charge in [-0.25, -0.2) is 4.98 Å². The van der Waals surface area contributed by atoms with Gasteiger partial charge in [-0.05, 0) is 19.1 Å². The SMILES string of the molecule is COc1cc(C(=O)N2CCN(c3nccn3C)CC2)cc(OC)c1C. The Morgan fingerprint density at radius 3 is 2.16 bits per heavy atom. The van der Waals surface area contributed by atoms with Gasteiger partial charge in [-0.2, -0.15) is 0 Å². The summed E-state index contributed by atoms with van der Waals surface area (Å²) in [7, 11) is 5.17. The molecule has 0 bridgehead atoms. The molecule has 1 amide bonds. The number of aryl methyl sites for hydroxylation is 1. The molecule has 7 heteroatoms. The zero-order valence-electron chi connectivity index (χ0n) is 15.2. The van der Waals surface area contributed by atoms with Gasteiger partial charge in [0.2, 0.25) is 5.95 Å². The number of ether oxygens (including phenoxy) is 2. The van der Waals surface area contributed by atoms with Gasteiger partial charge in [0.1, 0.15) is 11.5 Å². The van der Waals surface area contributed by atoms with Crippen LogP contribution in [0.3, 0.4) is 0 Å². The number of imidazole rings is 1. The highest BCUT2D eigenvalue weighted by Crippen LogP contribution is 2.30. The molecule has 1 aliphatic rings. The van der Waals surface area contributed by atoms with Crippen LogP contribution in [0.25, 0.3) is 0 Å². The molecular weight excluding hydrogens is 320 g/mol. The molecule has 0 saturated carbocycles. The van der Waals surface area contributed by atoms with Gasteiger partial charge in [-0.15, -0.1) is 0 Å². The maximum Gasteiger partial charge on any atom is 0.254 e. The summed E-state index contributed by atoms with van der Waals surface area (Å²) in [6, 6.07) is 3.57. The lowest BCUT2D eigenvalue weighted by atomic mass is 10.1. The minimum atomic E-state index is -0.00362. The van der Waals surface area contributed by atoms with E-state index in [1.807, 2.05) is 29.6 Å². The van der Waals surface area contributed by atoms with Crippen molar-refractivity contribution < 1.29 is 14.3 Å². The summed E-state index contributed by atoms with van der Waals surface area (Å²) in [4.78, 5) is 21.3. The van der Waals surface area contributed by atoms with Crippen molar-refractivity contribution in [2.24, 2.45) is 7.05 Å². The summed E-state index contributed by atoms with van der Waals surface area (Å²) in [6.07, 6.45) is 3.72. The zero-order valence-corrected chi connectivity index (χ0v) is 15.2. The van der Waals surface area contributed by atoms with Crippen LogP contribution < -0.4 is 14.4 Å². The van der Waals surface area contributed by atoms with Gasteiger partial charge in [-0.3, -0.25) is 4.79 Å². The molecule has 0 N–H and O–H groups in total. The van der Waals surface area contributed by atoms with Crippen LogP contribution in [0.2, 0.25) is 0 Å². The monoisotopic (exact) mass is 344 g/mol. The zero-order chi connectivity index (χ0) is 18.0. The third kappa shape index (κ3) is 3.26. The third-order valence-electron chi connectivity index (χ3n) is 4.64. The molecule has 1 aromatic carbocycles. The molecule has 1 aliphatic heterocycles. The number of anilines is 1. The Bertz CT molecular complexity index is 738. The first-order valence-electron chi connectivity index (χ1n) is 8.29. The summed E-state index contributed by atoms with van der Waals surface area (Å²) in [5.74, 6) is 2.26. The minimum absolute atomic E-state index is 0.00362. The van der Waals surface area contributed by atoms with Crippen molar-refractivity contribution in [1.82, 2.24) is 14.5 Å². The Labute approximate surface area is 147 Å². The molecule has 134 valence electrons. The van der Waals surface area contributed by atoms with Gasteiger partial charge in [0.15, 0.2) is 0 Å². The first-order valence-corrected chi connectivity index (χ1v) is 8.29. The average Bonchev–Trinajstić information content (AvgIpc) is 3.07. The number of hydrogen-bond donors (Lipinski definition) is 0. The van der Waals surface area contributed by atoms with Crippen molar-refractivity contribution >= 4 is 11.9 Å². The number of benzene rings is 1. The first kappa shape index (κ1) is 17.1. The molecule has 3 rings (SSSR count). The molecule has 0 aliphatic carbocycles. The number of piperazine rings is 1. The lowest BCUT2D eigenvalue weighted by molar-refractivity contribution is 0.0745. The van der Waals surface area contributed by atoms with Crippen LogP contribution in [-0.4, -0.2) is 60.8 Å². The molecule has 25 heavy (non-hydrogen) atoms. The number of rotatable bonds is 4. The second-order valence-corrected chi connectivity index (χ2v) is 6.12. The second-order valence-electron chi connectivity index (χ2n) is 6.12. The second kappa shape index (κ2) is 7.04. The summed E-state index contributed by atoms with van der Waals surface area (Å²) in [5.41, 5.74) is 1.48. The molecular formula is C18H24N4O3. The van der Waals surface area contributed by atoms with E-state index >= 15 is 0 Å². The molecule has 2 aromatic rings. The molecule has 1 aromatic heterocycles. The van der Waals surface area contributed by atoms with E-state index in [1.165, 1.54) is 0 Å². The third-order valence-corrected chi connectivity index (χ3v) is 4.64. The van der Waals surface area contributed by atoms with E-state index in [2.05, 4.69) is 9.88 Å². The van der Waals surface area contributed by atoms with Crippen molar-refractivity contribution in [3.63, 3.8) is 0 Å². The van der Waals surface area contributed by atoms with Crippen LogP contribution in [0.15, 0.2) is 24.5 Å². The number of nitrogens with zero attached hydrogens (tertiary/aromatic N) is 4. The normalized spacial score (nSPS) is 14.6. The van der Waals surface area contributed by atoms with E-state index in [0.717, 1.165) is 24.6 Å². The Hall–Kier alpha value is -2.70. The van der Waals surface area contributed by atoms with Gasteiger partial charge < -0.3 is 23.8 Å². The van der Waals surface area contributed by atoms with Crippen molar-refractivity contribution in [2.45, 2.75) is 6.92 Å². The number of carbonyl (C=O) groups is 1. The molecule has 0 unspecified atom stereocenters. The van der Waals surface area contributed by atoms with Crippen LogP contribution in [0, 0.1) is 6.92 Å². The van der Waals surface area contributed by atoms with Gasteiger partial charge >= 0.3 is 0 Å². The van der Waals surface area contributed by atoms with Crippen molar-refractivity contribution in [1.29, 1.82) is 0 Å². The fraction of sp³-hybridized carbons (Fsp3) is 0.444. The van der Waals surface area contributed by atoms with Crippen LogP contribution in [0.1, 0.15) is 15.9 Å². The molecule has 1 saturated heterocycles. The van der Waals surface area contributed by atoms with Crippen molar-refractivity contribution in [3.8, 4) is 11.5 Å². The maximum atomic E-state index is 12.9. The highest BCUT2D eigenvalue weighted by Gasteiger charge is 2.25. The van der Waals surface area contributed by atoms with Crippen LogP contribution in [0.5, 0.6) is 11.5 Å². The Balaban J connectivity index is 1.74. The van der Waals surface area contributed by atoms with Crippen LogP contribution in [-0.2, 0) is 7.05 Å². The highest BCUT2D eigenvalue weighted by atomic mass is 16.5. The van der Waals surface area contributed by atoms with Crippen molar-refractivity contribution in [3.05, 3.63) is 35.7 Å². The predicted molar refractivity (Wildman–Crippen MR) is 95.6 cm³/mol. The van der Waals surface area contributed by atoms with E-state index in [4.69, 9.17) is 9.47 Å². The Morgan fingerprint density at radius 2 is 1.68 bits per heavy atom. The minimum Gasteiger partial charge on any atom is -0.496 e. The topological polar surface area (TPSA) is 59.8 Å². The largest absolute Gasteiger partial charge is 0.496 e. The molecule has 0 spiro atoms. The van der Waals surface area contributed by atoms with Crippen LogP contribution >= 0.6 is 0 Å². The fourth-order valence-electron chi connectivity index (χ4n) is 3.16. The van der Waals surface area contributed by atoms with E-state index in [-0.39, 0.29) is 5.91 Å². The van der Waals surface area contributed by atoms with Crippen LogP contribution in [0.4, 0.5) is 5.95 Å². The van der Waals surface area contributed by atoms with Gasteiger partial charge in [0.25, 0.3) is 5.91 Å². The highest BCUT2D eigenvalue weighted by molar-refractivity contribution is 5.95. The molecule has 7 nitrogen and oxygen atoms in total. The van der Waals surface area contributed by atoms with Gasteiger partial charge in [-0.1, -0.05) is 0 Å². The Morgan fingerprint density at radius 1 is 1.08 bits per heavy atom. The number of aromatic nitrogens is 2. The maximum absolute atomic E-state index is 12.9.